The normalized spacial score (nSPS) is 19.5. The second kappa shape index (κ2) is 9.53. The van der Waals surface area contributed by atoms with Crippen LogP contribution in [0.2, 0.25) is 0 Å². The van der Waals surface area contributed by atoms with Crippen LogP contribution < -0.4 is 10.6 Å². The van der Waals surface area contributed by atoms with Gasteiger partial charge < -0.3 is 15.4 Å². The summed E-state index contributed by atoms with van der Waals surface area (Å²) >= 11 is 0. The number of hydrogen-bond donors (Lipinski definition) is 2. The summed E-state index contributed by atoms with van der Waals surface area (Å²) in [5, 5.41) is 6.12. The molecule has 1 aliphatic heterocycles. The average molecular weight is 319 g/mol. The number of nitrogens with one attached hydrogen (secondary N) is 2. The molecule has 5 nitrogen and oxygen atoms in total. The number of amides is 2. The van der Waals surface area contributed by atoms with Crippen LogP contribution in [-0.4, -0.2) is 56.4 Å². The van der Waals surface area contributed by atoms with E-state index in [2.05, 4.69) is 46.7 Å². The first-order chi connectivity index (χ1) is 11.2. The Kier molecular flexibility index (Phi) is 7.36. The molecule has 128 valence electrons. The van der Waals surface area contributed by atoms with Gasteiger partial charge in [0.25, 0.3) is 0 Å². The van der Waals surface area contributed by atoms with E-state index in [4.69, 9.17) is 4.74 Å². The topological polar surface area (TPSA) is 53.6 Å². The minimum absolute atomic E-state index is 0.0517. The summed E-state index contributed by atoms with van der Waals surface area (Å²) in [6, 6.07) is 10.7. The van der Waals surface area contributed by atoms with Crippen molar-refractivity contribution in [1.82, 2.24) is 15.5 Å². The summed E-state index contributed by atoms with van der Waals surface area (Å²) in [6.45, 7) is 5.67. The molecule has 0 spiro atoms. The van der Waals surface area contributed by atoms with Crippen LogP contribution in [-0.2, 0) is 11.2 Å². The summed E-state index contributed by atoms with van der Waals surface area (Å²) in [5.41, 5.74) is 1.31. The quantitative estimate of drug-likeness (QED) is 0.771. The highest BCUT2D eigenvalue weighted by molar-refractivity contribution is 5.74. The van der Waals surface area contributed by atoms with Crippen molar-refractivity contribution in [3.05, 3.63) is 35.9 Å². The lowest BCUT2D eigenvalue weighted by atomic mass is 10.1. The molecule has 1 saturated heterocycles. The van der Waals surface area contributed by atoms with Gasteiger partial charge in [-0.05, 0) is 31.7 Å². The molecule has 0 saturated carbocycles. The standard InChI is InChI=1S/C18H29N3O2/c1-15(8-9-16-6-4-3-5-7-16)19-18(22)20-17-10-11-21(14-17)12-13-23-2/h3-7,15,17H,8-14H2,1-2H3,(H2,19,20,22)/t15-,17+/m1/s1. The number of hydrogen-bond acceptors (Lipinski definition) is 3. The van der Waals surface area contributed by atoms with Crippen LogP contribution in [0.3, 0.4) is 0 Å². The van der Waals surface area contributed by atoms with Crippen molar-refractivity contribution in [2.45, 2.75) is 38.3 Å². The van der Waals surface area contributed by atoms with E-state index in [1.165, 1.54) is 5.56 Å². The molecule has 0 aliphatic carbocycles. The Morgan fingerprint density at radius 2 is 2.17 bits per heavy atom. The van der Waals surface area contributed by atoms with Gasteiger partial charge in [-0.25, -0.2) is 4.79 Å². The highest BCUT2D eigenvalue weighted by atomic mass is 16.5. The van der Waals surface area contributed by atoms with Gasteiger partial charge in [0, 0.05) is 38.8 Å². The number of carbonyl (C=O) groups excluding carboxylic acids is 1. The number of aryl methyl sites for hydroxylation is 1. The van der Waals surface area contributed by atoms with Gasteiger partial charge in [-0.15, -0.1) is 0 Å². The molecule has 1 aromatic carbocycles. The minimum Gasteiger partial charge on any atom is -0.383 e. The summed E-state index contributed by atoms with van der Waals surface area (Å²) in [5.74, 6) is 0. The number of rotatable bonds is 8. The molecule has 0 aromatic heterocycles. The van der Waals surface area contributed by atoms with Crippen LogP contribution >= 0.6 is 0 Å². The lowest BCUT2D eigenvalue weighted by Gasteiger charge is -2.19. The Hall–Kier alpha value is -1.59. The van der Waals surface area contributed by atoms with Gasteiger partial charge in [0.1, 0.15) is 0 Å². The monoisotopic (exact) mass is 319 g/mol. The van der Waals surface area contributed by atoms with Crippen LogP contribution in [0.5, 0.6) is 0 Å². The van der Waals surface area contributed by atoms with E-state index in [0.717, 1.165) is 45.5 Å². The predicted molar refractivity (Wildman–Crippen MR) is 92.6 cm³/mol. The van der Waals surface area contributed by atoms with E-state index in [9.17, 15) is 4.79 Å². The molecule has 0 bridgehead atoms. The number of urea groups is 1. The molecule has 2 N–H and O–H groups in total. The lowest BCUT2D eigenvalue weighted by molar-refractivity contribution is 0.159. The van der Waals surface area contributed by atoms with Gasteiger partial charge in [-0.1, -0.05) is 30.3 Å². The van der Waals surface area contributed by atoms with Gasteiger partial charge in [0.2, 0.25) is 0 Å². The van der Waals surface area contributed by atoms with Crippen molar-refractivity contribution in [1.29, 1.82) is 0 Å². The molecule has 1 fully saturated rings. The third-order valence-corrected chi connectivity index (χ3v) is 4.31. The molecule has 1 aliphatic rings. The van der Waals surface area contributed by atoms with Crippen molar-refractivity contribution in [2.24, 2.45) is 0 Å². The molecule has 0 radical (unpaired) electrons. The zero-order valence-electron chi connectivity index (χ0n) is 14.3. The summed E-state index contributed by atoms with van der Waals surface area (Å²) in [6.07, 6.45) is 2.94. The second-order valence-corrected chi connectivity index (χ2v) is 6.32. The van der Waals surface area contributed by atoms with Crippen molar-refractivity contribution in [2.75, 3.05) is 33.4 Å². The first-order valence-corrected chi connectivity index (χ1v) is 8.49. The Labute approximate surface area is 139 Å². The Morgan fingerprint density at radius 3 is 2.91 bits per heavy atom. The zero-order valence-corrected chi connectivity index (χ0v) is 14.3. The molecule has 2 rings (SSSR count). The van der Waals surface area contributed by atoms with Gasteiger partial charge in [0.15, 0.2) is 0 Å². The molecule has 23 heavy (non-hydrogen) atoms. The van der Waals surface area contributed by atoms with Crippen LogP contribution in [0.4, 0.5) is 4.79 Å². The maximum atomic E-state index is 12.1. The average Bonchev–Trinajstić information content (AvgIpc) is 2.99. The van der Waals surface area contributed by atoms with Gasteiger partial charge >= 0.3 is 6.03 Å². The molecular formula is C18H29N3O2. The summed E-state index contributed by atoms with van der Waals surface area (Å²) in [4.78, 5) is 14.4. The minimum atomic E-state index is -0.0517. The highest BCUT2D eigenvalue weighted by Gasteiger charge is 2.23. The first kappa shape index (κ1) is 17.8. The van der Waals surface area contributed by atoms with E-state index < -0.39 is 0 Å². The van der Waals surface area contributed by atoms with Crippen molar-refractivity contribution in [3.63, 3.8) is 0 Å². The molecule has 1 heterocycles. The molecular weight excluding hydrogens is 290 g/mol. The van der Waals surface area contributed by atoms with Gasteiger partial charge in [0.05, 0.1) is 6.61 Å². The van der Waals surface area contributed by atoms with Crippen molar-refractivity contribution < 1.29 is 9.53 Å². The zero-order chi connectivity index (χ0) is 16.5. The van der Waals surface area contributed by atoms with Crippen LogP contribution in [0.25, 0.3) is 0 Å². The number of nitrogens with zero attached hydrogens (tertiary/aromatic N) is 1. The third kappa shape index (κ3) is 6.59. The number of carbonyl (C=O) groups is 1. The Bertz CT molecular complexity index is 467. The molecule has 0 unspecified atom stereocenters. The first-order valence-electron chi connectivity index (χ1n) is 8.49. The molecule has 1 aromatic rings. The molecule has 2 atom stereocenters. The smallest absolute Gasteiger partial charge is 0.315 e. The van der Waals surface area contributed by atoms with Crippen molar-refractivity contribution >= 4 is 6.03 Å². The summed E-state index contributed by atoms with van der Waals surface area (Å²) < 4.78 is 5.09. The Morgan fingerprint density at radius 1 is 1.39 bits per heavy atom. The van der Waals surface area contributed by atoms with Crippen LogP contribution in [0, 0.1) is 0 Å². The van der Waals surface area contributed by atoms with Gasteiger partial charge in [-0.3, -0.25) is 4.90 Å². The van der Waals surface area contributed by atoms with E-state index in [-0.39, 0.29) is 18.1 Å². The van der Waals surface area contributed by atoms with Crippen LogP contribution in [0.15, 0.2) is 30.3 Å². The van der Waals surface area contributed by atoms with E-state index >= 15 is 0 Å². The van der Waals surface area contributed by atoms with E-state index in [0.29, 0.717) is 0 Å². The number of benzene rings is 1. The number of ether oxygens (including phenoxy) is 1. The molecule has 2 amide bonds. The highest BCUT2D eigenvalue weighted by Crippen LogP contribution is 2.09. The van der Waals surface area contributed by atoms with Gasteiger partial charge in [-0.2, -0.15) is 0 Å². The fourth-order valence-corrected chi connectivity index (χ4v) is 2.92. The van der Waals surface area contributed by atoms with E-state index in [1.807, 2.05) is 6.07 Å². The maximum Gasteiger partial charge on any atom is 0.315 e. The summed E-state index contributed by atoms with van der Waals surface area (Å²) in [7, 11) is 1.72. The van der Waals surface area contributed by atoms with Crippen molar-refractivity contribution in [3.8, 4) is 0 Å². The number of methoxy groups -OCH3 is 1. The maximum absolute atomic E-state index is 12.1. The Balaban J connectivity index is 1.62. The van der Waals surface area contributed by atoms with E-state index in [1.54, 1.807) is 7.11 Å². The van der Waals surface area contributed by atoms with Crippen LogP contribution in [0.1, 0.15) is 25.3 Å². The largest absolute Gasteiger partial charge is 0.383 e. The predicted octanol–water partition coefficient (Wildman–Crippen LogP) is 2.03. The third-order valence-electron chi connectivity index (χ3n) is 4.31. The fourth-order valence-electron chi connectivity index (χ4n) is 2.92. The molecule has 5 heteroatoms. The fraction of sp³-hybridized carbons (Fsp3) is 0.611. The number of likely N-dealkylation sites (tertiary alicyclic amines) is 1. The second-order valence-electron chi connectivity index (χ2n) is 6.32. The lowest BCUT2D eigenvalue weighted by Crippen LogP contribution is -2.46. The SMILES string of the molecule is COCCN1CC[C@H](NC(=O)N[C@H](C)CCc2ccccc2)C1.